The Morgan fingerprint density at radius 3 is 1.82 bits per heavy atom. The first-order valence-electron chi connectivity index (χ1n) is 10.2. The van der Waals surface area contributed by atoms with Gasteiger partial charge in [0.05, 0.1) is 12.5 Å². The van der Waals surface area contributed by atoms with Crippen LogP contribution >= 0.6 is 12.6 Å². The highest BCUT2D eigenvalue weighted by atomic mass is 32.1. The van der Waals surface area contributed by atoms with Gasteiger partial charge in [0, 0.05) is 12.2 Å². The van der Waals surface area contributed by atoms with E-state index in [0.717, 1.165) is 0 Å². The van der Waals surface area contributed by atoms with Crippen LogP contribution in [0.3, 0.4) is 0 Å². The lowest BCUT2D eigenvalue weighted by Crippen LogP contribution is -2.58. The third kappa shape index (κ3) is 12.6. The number of nitrogens with two attached hydrogens (primary N) is 4. The van der Waals surface area contributed by atoms with Crippen molar-refractivity contribution in [3.63, 3.8) is 0 Å². The average Bonchev–Trinajstić information content (AvgIpc) is 2.73. The fourth-order valence-electron chi connectivity index (χ4n) is 2.61. The Bertz CT molecular complexity index is 722. The maximum Gasteiger partial charge on any atom is 0.326 e. The van der Waals surface area contributed by atoms with Crippen LogP contribution in [-0.2, 0) is 28.8 Å². The number of thiol groups is 1. The number of hydrogen-bond acceptors (Lipinski definition) is 9. The topological polar surface area (TPSA) is 263 Å². The van der Waals surface area contributed by atoms with Crippen molar-refractivity contribution in [1.82, 2.24) is 16.0 Å². The number of carbonyl (C=O) groups is 6. The molecule has 0 saturated carbocycles. The molecule has 4 atom stereocenters. The highest BCUT2D eigenvalue weighted by Gasteiger charge is 2.30. The van der Waals surface area contributed by atoms with E-state index in [9.17, 15) is 28.8 Å². The molecule has 4 unspecified atom stereocenters. The predicted molar refractivity (Wildman–Crippen MR) is 120 cm³/mol. The number of hydrogen-bond donors (Lipinski definition) is 9. The van der Waals surface area contributed by atoms with Crippen LogP contribution in [0.25, 0.3) is 0 Å². The molecular formula is C18H33N7O7S. The number of carbonyl (C=O) groups excluding carboxylic acids is 5. The Labute approximate surface area is 196 Å². The van der Waals surface area contributed by atoms with E-state index >= 15 is 0 Å². The van der Waals surface area contributed by atoms with Gasteiger partial charge in [-0.25, -0.2) is 4.79 Å². The zero-order valence-electron chi connectivity index (χ0n) is 18.1. The van der Waals surface area contributed by atoms with Crippen LogP contribution in [-0.4, -0.2) is 77.1 Å². The molecule has 0 spiro atoms. The maximum atomic E-state index is 12.6. The summed E-state index contributed by atoms with van der Waals surface area (Å²) in [4.78, 5) is 70.8. The van der Waals surface area contributed by atoms with Gasteiger partial charge in [0.25, 0.3) is 0 Å². The smallest absolute Gasteiger partial charge is 0.326 e. The molecule has 0 rings (SSSR count). The zero-order valence-corrected chi connectivity index (χ0v) is 19.0. The molecular weight excluding hydrogens is 458 g/mol. The minimum Gasteiger partial charge on any atom is -0.480 e. The molecule has 0 fully saturated rings. The fourth-order valence-corrected chi connectivity index (χ4v) is 2.87. The number of rotatable bonds is 17. The first-order chi connectivity index (χ1) is 15.4. The van der Waals surface area contributed by atoms with Crippen molar-refractivity contribution in [2.24, 2.45) is 22.9 Å². The number of nitrogens with one attached hydrogen (secondary N) is 3. The third-order valence-electron chi connectivity index (χ3n) is 4.45. The molecule has 0 aliphatic heterocycles. The Kier molecular flexibility index (Phi) is 14.4. The van der Waals surface area contributed by atoms with E-state index in [1.807, 2.05) is 0 Å². The summed E-state index contributed by atoms with van der Waals surface area (Å²) in [6, 6.07) is -5.09. The Morgan fingerprint density at radius 1 is 0.788 bits per heavy atom. The minimum absolute atomic E-state index is 0.142. The van der Waals surface area contributed by atoms with Crippen molar-refractivity contribution in [3.05, 3.63) is 0 Å². The second kappa shape index (κ2) is 15.8. The summed E-state index contributed by atoms with van der Waals surface area (Å²) in [6.45, 7) is 0.451. The van der Waals surface area contributed by atoms with E-state index in [2.05, 4.69) is 28.6 Å². The quantitative estimate of drug-likeness (QED) is 0.0708. The number of unbranched alkanes of at least 4 members (excludes halogenated alkanes) is 1. The van der Waals surface area contributed by atoms with Crippen LogP contribution in [0.2, 0.25) is 0 Å². The predicted octanol–water partition coefficient (Wildman–Crippen LogP) is -3.95. The lowest BCUT2D eigenvalue weighted by atomic mass is 10.1. The molecule has 0 heterocycles. The molecule has 33 heavy (non-hydrogen) atoms. The van der Waals surface area contributed by atoms with Gasteiger partial charge in [-0.2, -0.15) is 12.6 Å². The molecule has 0 bridgehead atoms. The van der Waals surface area contributed by atoms with Crippen molar-refractivity contribution < 1.29 is 33.9 Å². The van der Waals surface area contributed by atoms with Crippen LogP contribution < -0.4 is 38.9 Å². The van der Waals surface area contributed by atoms with Crippen molar-refractivity contribution in [1.29, 1.82) is 0 Å². The van der Waals surface area contributed by atoms with Gasteiger partial charge in [-0.15, -0.1) is 0 Å². The fraction of sp³-hybridized carbons (Fsp3) is 0.667. The van der Waals surface area contributed by atoms with Gasteiger partial charge in [-0.05, 0) is 25.8 Å². The maximum absolute atomic E-state index is 12.6. The number of amides is 5. The van der Waals surface area contributed by atoms with Gasteiger partial charge >= 0.3 is 5.97 Å². The standard InChI is InChI=1S/C18H33N7O7S/c19-6-2-1-3-9(20)15(28)25-12(8-33)17(30)23-10(4-5-13(21)26)16(29)24-11(18(31)32)7-14(22)27/h9-12,33H,1-8,19-20H2,(H2,21,26)(H2,22,27)(H,23,30)(H,24,29)(H,25,28)(H,31,32). The van der Waals surface area contributed by atoms with Gasteiger partial charge in [-0.1, -0.05) is 6.42 Å². The van der Waals surface area contributed by atoms with Crippen molar-refractivity contribution in [3.8, 4) is 0 Å². The largest absolute Gasteiger partial charge is 0.480 e. The van der Waals surface area contributed by atoms with E-state index < -0.39 is 66.1 Å². The van der Waals surface area contributed by atoms with Gasteiger partial charge < -0.3 is 44.0 Å². The molecule has 0 aliphatic carbocycles. The SMILES string of the molecule is NCCCCC(N)C(=O)NC(CS)C(=O)NC(CCC(N)=O)C(=O)NC(CC(N)=O)C(=O)O. The summed E-state index contributed by atoms with van der Waals surface area (Å²) in [5.41, 5.74) is 21.3. The third-order valence-corrected chi connectivity index (χ3v) is 4.82. The second-order valence-electron chi connectivity index (χ2n) is 7.27. The summed E-state index contributed by atoms with van der Waals surface area (Å²) in [5.74, 6) is -5.81. The highest BCUT2D eigenvalue weighted by molar-refractivity contribution is 7.80. The van der Waals surface area contributed by atoms with Crippen LogP contribution in [0, 0.1) is 0 Å². The first-order valence-corrected chi connectivity index (χ1v) is 10.8. The van der Waals surface area contributed by atoms with Crippen LogP contribution in [0.4, 0.5) is 0 Å². The number of carboxylic acids is 1. The zero-order chi connectivity index (χ0) is 25.6. The van der Waals surface area contributed by atoms with Crippen LogP contribution in [0.1, 0.15) is 38.5 Å². The second-order valence-corrected chi connectivity index (χ2v) is 7.64. The summed E-state index contributed by atoms with van der Waals surface area (Å²) >= 11 is 4.03. The Balaban J connectivity index is 5.27. The van der Waals surface area contributed by atoms with Crippen molar-refractivity contribution in [2.45, 2.75) is 62.7 Å². The summed E-state index contributed by atoms with van der Waals surface area (Å²) in [6.07, 6.45) is 0.395. The lowest BCUT2D eigenvalue weighted by molar-refractivity contribution is -0.144. The highest BCUT2D eigenvalue weighted by Crippen LogP contribution is 2.03. The monoisotopic (exact) mass is 491 g/mol. The number of carboxylic acid groups (broad SMARTS) is 1. The van der Waals surface area contributed by atoms with E-state index in [-0.39, 0.29) is 18.6 Å². The van der Waals surface area contributed by atoms with Gasteiger partial charge in [0.15, 0.2) is 0 Å². The minimum atomic E-state index is -1.64. The van der Waals surface area contributed by atoms with E-state index in [0.29, 0.717) is 25.8 Å². The van der Waals surface area contributed by atoms with Gasteiger partial charge in [0.1, 0.15) is 18.1 Å². The number of aliphatic carboxylic acids is 1. The van der Waals surface area contributed by atoms with E-state index in [1.165, 1.54) is 0 Å². The average molecular weight is 492 g/mol. The summed E-state index contributed by atoms with van der Waals surface area (Å²) in [7, 11) is 0. The Morgan fingerprint density at radius 2 is 1.33 bits per heavy atom. The van der Waals surface area contributed by atoms with E-state index in [4.69, 9.17) is 28.0 Å². The van der Waals surface area contributed by atoms with Crippen LogP contribution in [0.15, 0.2) is 0 Å². The van der Waals surface area contributed by atoms with Crippen molar-refractivity contribution in [2.75, 3.05) is 12.3 Å². The van der Waals surface area contributed by atoms with Crippen LogP contribution in [0.5, 0.6) is 0 Å². The molecule has 5 amide bonds. The normalized spacial score (nSPS) is 14.3. The number of primary amides is 2. The molecule has 0 aromatic carbocycles. The molecule has 14 nitrogen and oxygen atoms in total. The molecule has 15 heteroatoms. The molecule has 0 saturated heterocycles. The first kappa shape index (κ1) is 30.1. The Hall–Kier alpha value is -2.91. The molecule has 0 aromatic rings. The lowest BCUT2D eigenvalue weighted by Gasteiger charge is -2.24. The molecule has 12 N–H and O–H groups in total. The molecule has 0 aromatic heterocycles. The van der Waals surface area contributed by atoms with Gasteiger partial charge in [-0.3, -0.25) is 24.0 Å². The van der Waals surface area contributed by atoms with E-state index in [1.54, 1.807) is 0 Å². The van der Waals surface area contributed by atoms with Crippen molar-refractivity contribution >= 4 is 48.1 Å². The molecule has 0 radical (unpaired) electrons. The molecule has 0 aliphatic rings. The summed E-state index contributed by atoms with van der Waals surface area (Å²) < 4.78 is 0. The molecule has 188 valence electrons. The van der Waals surface area contributed by atoms with Gasteiger partial charge in [0.2, 0.25) is 29.5 Å². The summed E-state index contributed by atoms with van der Waals surface area (Å²) in [5, 5.41) is 16.0.